The maximum atomic E-state index is 8.75. The van der Waals surface area contributed by atoms with Crippen LogP contribution in [0.4, 0.5) is 0 Å². The number of allylic oxidation sites excluding steroid dienone is 1. The highest BCUT2D eigenvalue weighted by atomic mass is 15.0. The molecule has 0 bridgehead atoms. The van der Waals surface area contributed by atoms with Crippen LogP contribution in [0.15, 0.2) is 30.3 Å². The molecule has 0 fully saturated rings. The van der Waals surface area contributed by atoms with Crippen molar-refractivity contribution in [3.05, 3.63) is 41.5 Å². The number of nitriles is 1. The molecule has 0 amide bonds. The number of nitrogens with zero attached hydrogens (tertiary/aromatic N) is 1. The normalized spacial score (nSPS) is 20.2. The number of fused-ring (bicyclic) bond motifs is 1. The van der Waals surface area contributed by atoms with Crippen molar-refractivity contribution in [3.8, 4) is 6.07 Å². The number of hydrogen-bond donors (Lipinski definition) is 1. The van der Waals surface area contributed by atoms with Crippen LogP contribution in [0.1, 0.15) is 25.0 Å². The Kier molecular flexibility index (Phi) is 2.24. The molecule has 15 heavy (non-hydrogen) atoms. The smallest absolute Gasteiger partial charge is 0.0933 e. The molecule has 2 rings (SSSR count). The summed E-state index contributed by atoms with van der Waals surface area (Å²) in [6.45, 7) is 4.29. The summed E-state index contributed by atoms with van der Waals surface area (Å²) in [6, 6.07) is 10.3. The fourth-order valence-corrected chi connectivity index (χ4v) is 2.07. The van der Waals surface area contributed by atoms with Gasteiger partial charge in [0.05, 0.1) is 11.8 Å². The molecule has 1 aliphatic rings. The summed E-state index contributed by atoms with van der Waals surface area (Å²) >= 11 is 0. The summed E-state index contributed by atoms with van der Waals surface area (Å²) in [4.78, 5) is 0. The Balaban J connectivity index is 2.54. The SMILES string of the molecule is CC1(C)Cc2ccccc2C(=CC#N)N1. The van der Waals surface area contributed by atoms with Gasteiger partial charge < -0.3 is 5.32 Å². The van der Waals surface area contributed by atoms with Crippen LogP contribution in [0, 0.1) is 11.3 Å². The fraction of sp³-hybridized carbons (Fsp3) is 0.308. The van der Waals surface area contributed by atoms with Crippen LogP contribution in [0.5, 0.6) is 0 Å². The zero-order valence-corrected chi connectivity index (χ0v) is 9.04. The van der Waals surface area contributed by atoms with Crippen molar-refractivity contribution in [2.75, 3.05) is 0 Å². The van der Waals surface area contributed by atoms with E-state index in [9.17, 15) is 0 Å². The summed E-state index contributed by atoms with van der Waals surface area (Å²) < 4.78 is 0. The van der Waals surface area contributed by atoms with Gasteiger partial charge in [-0.15, -0.1) is 0 Å². The van der Waals surface area contributed by atoms with Gasteiger partial charge >= 0.3 is 0 Å². The monoisotopic (exact) mass is 198 g/mol. The van der Waals surface area contributed by atoms with E-state index in [2.05, 4.69) is 37.4 Å². The largest absolute Gasteiger partial charge is 0.379 e. The first-order chi connectivity index (χ1) is 7.12. The molecule has 76 valence electrons. The maximum absolute atomic E-state index is 8.75. The molecular formula is C13H14N2. The molecule has 1 aromatic carbocycles. The fourth-order valence-electron chi connectivity index (χ4n) is 2.07. The molecule has 2 nitrogen and oxygen atoms in total. The molecule has 0 aliphatic carbocycles. The average Bonchev–Trinajstić information content (AvgIpc) is 2.16. The molecule has 0 radical (unpaired) electrons. The Hall–Kier alpha value is -1.75. The standard InChI is InChI=1S/C13H14N2/c1-13(2)9-10-5-3-4-6-11(10)12(15-13)7-8-14/h3-7,15H,9H2,1-2H3. The van der Waals surface area contributed by atoms with E-state index in [1.165, 1.54) is 5.56 Å². The van der Waals surface area contributed by atoms with Gasteiger partial charge in [-0.1, -0.05) is 24.3 Å². The molecular weight excluding hydrogens is 184 g/mol. The van der Waals surface area contributed by atoms with Crippen LogP contribution in [0.2, 0.25) is 0 Å². The lowest BCUT2D eigenvalue weighted by Crippen LogP contribution is -2.43. The van der Waals surface area contributed by atoms with E-state index >= 15 is 0 Å². The highest BCUT2D eigenvalue weighted by molar-refractivity contribution is 5.71. The van der Waals surface area contributed by atoms with Crippen LogP contribution in [-0.4, -0.2) is 5.54 Å². The van der Waals surface area contributed by atoms with Crippen LogP contribution in [-0.2, 0) is 6.42 Å². The summed E-state index contributed by atoms with van der Waals surface area (Å²) in [6.07, 6.45) is 2.58. The van der Waals surface area contributed by atoms with Crippen molar-refractivity contribution >= 4 is 5.70 Å². The zero-order valence-electron chi connectivity index (χ0n) is 9.04. The molecule has 2 heteroatoms. The second-order valence-electron chi connectivity index (χ2n) is 4.53. The Morgan fingerprint density at radius 1 is 1.40 bits per heavy atom. The lowest BCUT2D eigenvalue weighted by atomic mass is 9.86. The predicted molar refractivity (Wildman–Crippen MR) is 61.0 cm³/mol. The van der Waals surface area contributed by atoms with Crippen molar-refractivity contribution in [2.24, 2.45) is 0 Å². The lowest BCUT2D eigenvalue weighted by molar-refractivity contribution is 0.437. The van der Waals surface area contributed by atoms with Gasteiger partial charge in [-0.3, -0.25) is 0 Å². The van der Waals surface area contributed by atoms with Crippen LogP contribution in [0.3, 0.4) is 0 Å². The van der Waals surface area contributed by atoms with E-state index in [-0.39, 0.29) is 5.54 Å². The van der Waals surface area contributed by atoms with Gasteiger partial charge in [0.2, 0.25) is 0 Å². The summed E-state index contributed by atoms with van der Waals surface area (Å²) in [5, 5.41) is 12.1. The second kappa shape index (κ2) is 3.43. The first-order valence-electron chi connectivity index (χ1n) is 5.09. The van der Waals surface area contributed by atoms with E-state index < -0.39 is 0 Å². The first kappa shape index (κ1) is 9.79. The van der Waals surface area contributed by atoms with Crippen molar-refractivity contribution in [1.29, 1.82) is 5.26 Å². The molecule has 0 unspecified atom stereocenters. The minimum Gasteiger partial charge on any atom is -0.379 e. The lowest BCUT2D eigenvalue weighted by Gasteiger charge is -2.35. The van der Waals surface area contributed by atoms with Crippen molar-refractivity contribution in [1.82, 2.24) is 5.32 Å². The van der Waals surface area contributed by atoms with E-state index in [0.717, 1.165) is 17.7 Å². The number of nitrogens with one attached hydrogen (secondary N) is 1. The van der Waals surface area contributed by atoms with Gasteiger partial charge in [-0.25, -0.2) is 0 Å². The maximum Gasteiger partial charge on any atom is 0.0933 e. The molecule has 0 spiro atoms. The van der Waals surface area contributed by atoms with E-state index in [4.69, 9.17) is 5.26 Å². The second-order valence-corrected chi connectivity index (χ2v) is 4.53. The van der Waals surface area contributed by atoms with Gasteiger partial charge in [0, 0.05) is 17.2 Å². The molecule has 1 aliphatic heterocycles. The van der Waals surface area contributed by atoms with Gasteiger partial charge in [-0.05, 0) is 25.8 Å². The van der Waals surface area contributed by atoms with E-state index in [0.29, 0.717) is 0 Å². The van der Waals surface area contributed by atoms with Crippen molar-refractivity contribution < 1.29 is 0 Å². The molecule has 0 saturated heterocycles. The zero-order chi connectivity index (χ0) is 10.9. The Labute approximate surface area is 90.2 Å². The van der Waals surface area contributed by atoms with E-state index in [1.807, 2.05) is 12.1 Å². The number of rotatable bonds is 0. The number of benzene rings is 1. The van der Waals surface area contributed by atoms with Gasteiger partial charge in [-0.2, -0.15) is 5.26 Å². The van der Waals surface area contributed by atoms with Crippen molar-refractivity contribution in [3.63, 3.8) is 0 Å². The van der Waals surface area contributed by atoms with Gasteiger partial charge in [0.1, 0.15) is 0 Å². The third-order valence-electron chi connectivity index (χ3n) is 2.62. The van der Waals surface area contributed by atoms with Crippen LogP contribution >= 0.6 is 0 Å². The number of hydrogen-bond acceptors (Lipinski definition) is 2. The van der Waals surface area contributed by atoms with Crippen LogP contribution < -0.4 is 5.32 Å². The van der Waals surface area contributed by atoms with Gasteiger partial charge in [0.25, 0.3) is 0 Å². The minimum absolute atomic E-state index is 0.0248. The Morgan fingerprint density at radius 3 is 2.87 bits per heavy atom. The Morgan fingerprint density at radius 2 is 2.13 bits per heavy atom. The first-order valence-corrected chi connectivity index (χ1v) is 5.09. The summed E-state index contributed by atoms with van der Waals surface area (Å²) in [5.74, 6) is 0. The quantitative estimate of drug-likeness (QED) is 0.650. The molecule has 1 heterocycles. The topological polar surface area (TPSA) is 35.8 Å². The highest BCUT2D eigenvalue weighted by Crippen LogP contribution is 2.28. The molecule has 0 aromatic heterocycles. The average molecular weight is 198 g/mol. The summed E-state index contributed by atoms with van der Waals surface area (Å²) in [5.41, 5.74) is 3.42. The molecule has 1 aromatic rings. The molecule has 0 saturated carbocycles. The highest BCUT2D eigenvalue weighted by Gasteiger charge is 2.26. The van der Waals surface area contributed by atoms with E-state index in [1.54, 1.807) is 6.08 Å². The molecule has 0 atom stereocenters. The third-order valence-corrected chi connectivity index (χ3v) is 2.62. The Bertz CT molecular complexity index is 450. The van der Waals surface area contributed by atoms with Crippen molar-refractivity contribution in [2.45, 2.75) is 25.8 Å². The van der Waals surface area contributed by atoms with Crippen LogP contribution in [0.25, 0.3) is 5.70 Å². The third kappa shape index (κ3) is 1.87. The minimum atomic E-state index is 0.0248. The predicted octanol–water partition coefficient (Wildman–Crippen LogP) is 2.48. The van der Waals surface area contributed by atoms with Gasteiger partial charge in [0.15, 0.2) is 0 Å². The molecule has 1 N–H and O–H groups in total. The summed E-state index contributed by atoms with van der Waals surface area (Å²) in [7, 11) is 0.